The molecule has 0 aromatic heterocycles. The lowest BCUT2D eigenvalue weighted by atomic mass is 10.4. The molecule has 11 heteroatoms. The van der Waals surface area contributed by atoms with Gasteiger partial charge >= 0.3 is 17.3 Å². The largest absolute Gasteiger partial charge is 0.504 e. The van der Waals surface area contributed by atoms with E-state index in [1.165, 1.54) is 48.6 Å². The summed E-state index contributed by atoms with van der Waals surface area (Å²) in [5.74, 6) is 0. The van der Waals surface area contributed by atoms with E-state index in [0.29, 0.717) is 0 Å². The second kappa shape index (κ2) is 9.16. The third-order valence-electron chi connectivity index (χ3n) is 3.37. The Labute approximate surface area is 155 Å². The van der Waals surface area contributed by atoms with Crippen LogP contribution in [0, 0.1) is 0 Å². The molecule has 0 amide bonds. The number of isocyanates is 4. The molecule has 0 heterocycles. The molecule has 0 aliphatic heterocycles. The number of hydrogen-bond donors (Lipinski definition) is 0. The van der Waals surface area contributed by atoms with Crippen LogP contribution < -0.4 is 10.4 Å². The monoisotopic (exact) mass is 394 g/mol. The van der Waals surface area contributed by atoms with E-state index < -0.39 is 17.3 Å². The minimum absolute atomic E-state index is 0.270. The van der Waals surface area contributed by atoms with Crippen molar-refractivity contribution in [3.05, 3.63) is 60.7 Å². The third kappa shape index (κ3) is 4.31. The first-order valence-electron chi connectivity index (χ1n) is 7.33. The summed E-state index contributed by atoms with van der Waals surface area (Å²) in [6.07, 6.45) is 5.32. The molecule has 0 atom stereocenters. The summed E-state index contributed by atoms with van der Waals surface area (Å²) in [5, 5.41) is 0.540. The SMILES string of the molecule is O=C=N[Si](N=C=O)(O[Si](N=C=O)(N=C=O)c1ccccc1)c1ccccc1. The van der Waals surface area contributed by atoms with Gasteiger partial charge in [0.05, 0.1) is 0 Å². The molecule has 0 bridgehead atoms. The van der Waals surface area contributed by atoms with Crippen LogP contribution in [0.25, 0.3) is 0 Å². The maximum Gasteiger partial charge on any atom is 0.504 e. The van der Waals surface area contributed by atoms with Crippen molar-refractivity contribution < 1.29 is 23.3 Å². The Morgan fingerprint density at radius 2 is 0.852 bits per heavy atom. The molecule has 0 radical (unpaired) electrons. The van der Waals surface area contributed by atoms with E-state index >= 15 is 0 Å². The zero-order valence-corrected chi connectivity index (χ0v) is 15.6. The van der Waals surface area contributed by atoms with Crippen LogP contribution >= 0.6 is 0 Å². The van der Waals surface area contributed by atoms with E-state index in [9.17, 15) is 19.2 Å². The smallest absolute Gasteiger partial charge is 0.379 e. The van der Waals surface area contributed by atoms with Crippen LogP contribution in [0.3, 0.4) is 0 Å². The second-order valence-corrected chi connectivity index (χ2v) is 10.2. The first-order valence-corrected chi connectivity index (χ1v) is 10.9. The summed E-state index contributed by atoms with van der Waals surface area (Å²) in [7, 11) is -8.29. The van der Waals surface area contributed by atoms with E-state index in [0.717, 1.165) is 0 Å². The van der Waals surface area contributed by atoms with Crippen LogP contribution in [0.15, 0.2) is 79.3 Å². The van der Waals surface area contributed by atoms with Gasteiger partial charge in [0, 0.05) is 10.4 Å². The Bertz CT molecular complexity index is 874. The topological polar surface area (TPSA) is 127 Å². The molecule has 0 saturated heterocycles. The minimum Gasteiger partial charge on any atom is -0.379 e. The average Bonchev–Trinajstić information content (AvgIpc) is 2.70. The van der Waals surface area contributed by atoms with Gasteiger partial charge in [-0.3, -0.25) is 0 Å². The van der Waals surface area contributed by atoms with Gasteiger partial charge in [-0.25, -0.2) is 19.2 Å². The standard InChI is InChI=1S/C16H10N4O5Si2/c21-11-17-26(18-12-22,15-7-3-1-4-8-15)25-27(19-13-23,20-14-24)16-9-5-2-6-10-16/h1-10H. The summed E-state index contributed by atoms with van der Waals surface area (Å²) in [5.41, 5.74) is 0. The van der Waals surface area contributed by atoms with Gasteiger partial charge in [-0.15, -0.1) is 0 Å². The average molecular weight is 394 g/mol. The lowest BCUT2D eigenvalue weighted by Crippen LogP contribution is -2.61. The maximum atomic E-state index is 11.1. The quantitative estimate of drug-likeness (QED) is 0.355. The zero-order chi connectivity index (χ0) is 19.6. The van der Waals surface area contributed by atoms with Crippen LogP contribution in [0.4, 0.5) is 0 Å². The minimum atomic E-state index is -4.15. The molecule has 0 spiro atoms. The predicted molar refractivity (Wildman–Crippen MR) is 97.2 cm³/mol. The summed E-state index contributed by atoms with van der Waals surface area (Å²) in [6.45, 7) is 0. The Morgan fingerprint density at radius 3 is 1.11 bits per heavy atom. The van der Waals surface area contributed by atoms with Crippen molar-refractivity contribution in [2.24, 2.45) is 18.6 Å². The van der Waals surface area contributed by atoms with Crippen molar-refractivity contribution in [2.45, 2.75) is 0 Å². The first-order chi connectivity index (χ1) is 13.2. The zero-order valence-electron chi connectivity index (χ0n) is 13.6. The molecule has 0 aliphatic rings. The molecule has 2 aromatic rings. The highest BCUT2D eigenvalue weighted by Crippen LogP contribution is 2.19. The van der Waals surface area contributed by atoms with Crippen molar-refractivity contribution in [2.75, 3.05) is 0 Å². The number of carbonyl (C=O) groups excluding carboxylic acids is 4. The van der Waals surface area contributed by atoms with Gasteiger partial charge in [-0.1, -0.05) is 60.7 Å². The fourth-order valence-electron chi connectivity index (χ4n) is 2.27. The summed E-state index contributed by atoms with van der Waals surface area (Å²) in [4.78, 5) is 44.3. The molecule has 0 aliphatic carbocycles. The Kier molecular flexibility index (Phi) is 6.68. The van der Waals surface area contributed by atoms with Crippen LogP contribution in [-0.2, 0) is 23.3 Å². The van der Waals surface area contributed by atoms with Crippen molar-refractivity contribution in [3.63, 3.8) is 0 Å². The molecule has 0 N–H and O–H groups in total. The van der Waals surface area contributed by atoms with Crippen molar-refractivity contribution in [1.29, 1.82) is 0 Å². The highest BCUT2D eigenvalue weighted by molar-refractivity contribution is 6.97. The number of hydrogen-bond acceptors (Lipinski definition) is 9. The van der Waals surface area contributed by atoms with Gasteiger partial charge < -0.3 is 4.12 Å². The van der Waals surface area contributed by atoms with E-state index in [1.54, 1.807) is 36.4 Å². The first kappa shape index (κ1) is 19.7. The Hall–Kier alpha value is -3.65. The van der Waals surface area contributed by atoms with Crippen LogP contribution in [-0.4, -0.2) is 41.6 Å². The molecular weight excluding hydrogens is 384 g/mol. The number of rotatable bonds is 8. The number of nitrogens with zero attached hydrogens (tertiary/aromatic N) is 4. The molecule has 9 nitrogen and oxygen atoms in total. The molecule has 2 rings (SSSR count). The van der Waals surface area contributed by atoms with Gasteiger partial charge in [-0.05, 0) is 0 Å². The molecule has 132 valence electrons. The lowest BCUT2D eigenvalue weighted by Gasteiger charge is -2.27. The molecular formula is C16H10N4O5Si2. The molecule has 0 unspecified atom stereocenters. The third-order valence-corrected chi connectivity index (χ3v) is 9.40. The molecule has 0 saturated carbocycles. The fraction of sp³-hybridized carbons (Fsp3) is 0. The van der Waals surface area contributed by atoms with Gasteiger partial charge in [0.1, 0.15) is 0 Å². The fourth-order valence-corrected chi connectivity index (χ4v) is 7.90. The van der Waals surface area contributed by atoms with Crippen LogP contribution in [0.5, 0.6) is 0 Å². The highest BCUT2D eigenvalue weighted by Gasteiger charge is 2.53. The summed E-state index contributed by atoms with van der Waals surface area (Å²) in [6, 6.07) is 15.9. The van der Waals surface area contributed by atoms with Crippen molar-refractivity contribution >= 4 is 52.0 Å². The lowest BCUT2D eigenvalue weighted by molar-refractivity contribution is 0.530. The van der Waals surface area contributed by atoms with Crippen molar-refractivity contribution in [1.82, 2.24) is 0 Å². The van der Waals surface area contributed by atoms with Gasteiger partial charge in [0.2, 0.25) is 24.3 Å². The van der Waals surface area contributed by atoms with E-state index in [2.05, 4.69) is 18.6 Å². The molecule has 2 aromatic carbocycles. The maximum absolute atomic E-state index is 11.1. The second-order valence-electron chi connectivity index (χ2n) is 4.86. The highest BCUT2D eigenvalue weighted by atomic mass is 28.4. The van der Waals surface area contributed by atoms with E-state index in [-0.39, 0.29) is 10.4 Å². The van der Waals surface area contributed by atoms with Crippen molar-refractivity contribution in [3.8, 4) is 0 Å². The van der Waals surface area contributed by atoms with Gasteiger partial charge in [-0.2, -0.15) is 18.6 Å². The van der Waals surface area contributed by atoms with Crippen LogP contribution in [0.1, 0.15) is 0 Å². The Morgan fingerprint density at radius 1 is 0.556 bits per heavy atom. The van der Waals surface area contributed by atoms with Gasteiger partial charge in [0.15, 0.2) is 0 Å². The number of benzene rings is 2. The van der Waals surface area contributed by atoms with E-state index in [4.69, 9.17) is 4.12 Å². The predicted octanol–water partition coefficient (Wildman–Crippen LogP) is 0.0384. The summed E-state index contributed by atoms with van der Waals surface area (Å²) >= 11 is 0. The molecule has 0 fully saturated rings. The molecule has 27 heavy (non-hydrogen) atoms. The van der Waals surface area contributed by atoms with Gasteiger partial charge in [0.25, 0.3) is 0 Å². The van der Waals surface area contributed by atoms with E-state index in [1.807, 2.05) is 0 Å². The normalized spacial score (nSPS) is 13.9. The summed E-state index contributed by atoms with van der Waals surface area (Å²) < 4.78 is 20.4. The Balaban J connectivity index is 2.81. The van der Waals surface area contributed by atoms with Crippen LogP contribution in [0.2, 0.25) is 0 Å².